The van der Waals surface area contributed by atoms with Crippen molar-refractivity contribution < 1.29 is 23.4 Å². The monoisotopic (exact) mass is 402 g/mol. The SMILES string of the molecule is COc1ccc(OCCCC(=O)NCC(c2ccc(C)o2)N2CCOCC2)cc1. The molecule has 1 amide bonds. The zero-order chi connectivity index (χ0) is 20.5. The van der Waals surface area contributed by atoms with Gasteiger partial charge in [0.05, 0.1) is 33.0 Å². The number of benzene rings is 1. The number of methoxy groups -OCH3 is 1. The summed E-state index contributed by atoms with van der Waals surface area (Å²) < 4.78 is 22.1. The molecular weight excluding hydrogens is 372 g/mol. The molecule has 2 aromatic rings. The van der Waals surface area contributed by atoms with Gasteiger partial charge in [-0.3, -0.25) is 9.69 Å². The van der Waals surface area contributed by atoms with Crippen molar-refractivity contribution in [3.05, 3.63) is 47.9 Å². The first-order chi connectivity index (χ1) is 14.2. The maximum Gasteiger partial charge on any atom is 0.220 e. The molecule has 1 saturated heterocycles. The molecule has 1 aliphatic rings. The van der Waals surface area contributed by atoms with E-state index in [0.29, 0.717) is 39.2 Å². The number of hydrogen-bond donors (Lipinski definition) is 1. The Balaban J connectivity index is 1.42. The second-order valence-corrected chi connectivity index (χ2v) is 7.04. The number of rotatable bonds is 10. The standard InChI is InChI=1S/C22H30N2O5/c1-17-5-10-21(29-17)20(24-11-14-27-15-12-24)16-23-22(25)4-3-13-28-19-8-6-18(26-2)7-9-19/h5-10,20H,3-4,11-16H2,1-2H3,(H,23,25). The molecule has 1 N–H and O–H groups in total. The van der Waals surface area contributed by atoms with Crippen LogP contribution in [0.25, 0.3) is 0 Å². The van der Waals surface area contributed by atoms with Crippen LogP contribution in [0.5, 0.6) is 11.5 Å². The van der Waals surface area contributed by atoms with Crippen molar-refractivity contribution in [1.29, 1.82) is 0 Å². The van der Waals surface area contributed by atoms with E-state index in [1.54, 1.807) is 7.11 Å². The molecule has 0 saturated carbocycles. The summed E-state index contributed by atoms with van der Waals surface area (Å²) in [5.74, 6) is 3.34. The number of furan rings is 1. The summed E-state index contributed by atoms with van der Waals surface area (Å²) in [6, 6.07) is 11.4. The molecule has 29 heavy (non-hydrogen) atoms. The topological polar surface area (TPSA) is 73.2 Å². The fourth-order valence-corrected chi connectivity index (χ4v) is 3.32. The summed E-state index contributed by atoms with van der Waals surface area (Å²) in [6.45, 7) is 6.00. The predicted molar refractivity (Wildman–Crippen MR) is 109 cm³/mol. The van der Waals surface area contributed by atoms with Gasteiger partial charge < -0.3 is 23.9 Å². The highest BCUT2D eigenvalue weighted by atomic mass is 16.5. The molecular formula is C22H30N2O5. The lowest BCUT2D eigenvalue weighted by Gasteiger charge is -2.33. The average Bonchev–Trinajstić information content (AvgIpc) is 3.18. The minimum atomic E-state index is 0.0184. The van der Waals surface area contributed by atoms with Crippen molar-refractivity contribution in [2.75, 3.05) is 46.6 Å². The summed E-state index contributed by atoms with van der Waals surface area (Å²) in [4.78, 5) is 14.6. The Morgan fingerprint density at radius 1 is 1.14 bits per heavy atom. The maximum atomic E-state index is 12.3. The highest BCUT2D eigenvalue weighted by Crippen LogP contribution is 2.23. The van der Waals surface area contributed by atoms with Crippen molar-refractivity contribution in [3.8, 4) is 11.5 Å². The van der Waals surface area contributed by atoms with Crippen LogP contribution in [0.15, 0.2) is 40.8 Å². The quantitative estimate of drug-likeness (QED) is 0.616. The number of amides is 1. The summed E-state index contributed by atoms with van der Waals surface area (Å²) in [7, 11) is 1.63. The third-order valence-corrected chi connectivity index (χ3v) is 4.94. The molecule has 1 unspecified atom stereocenters. The Hall–Kier alpha value is -2.51. The molecule has 7 heteroatoms. The van der Waals surface area contributed by atoms with Gasteiger partial charge in [-0.1, -0.05) is 0 Å². The summed E-state index contributed by atoms with van der Waals surface area (Å²) >= 11 is 0. The molecule has 0 aliphatic carbocycles. The van der Waals surface area contributed by atoms with Crippen LogP contribution in [0, 0.1) is 6.92 Å². The summed E-state index contributed by atoms with van der Waals surface area (Å²) in [5, 5.41) is 3.05. The first kappa shape index (κ1) is 21.2. The molecule has 1 aromatic carbocycles. The number of hydrogen-bond acceptors (Lipinski definition) is 6. The Kier molecular flexibility index (Phi) is 7.95. The van der Waals surface area contributed by atoms with E-state index in [1.165, 1.54) is 0 Å². The molecule has 2 heterocycles. The van der Waals surface area contributed by atoms with Crippen LogP contribution in [-0.4, -0.2) is 57.4 Å². The number of ether oxygens (including phenoxy) is 3. The van der Waals surface area contributed by atoms with Crippen LogP contribution in [0.1, 0.15) is 30.4 Å². The summed E-state index contributed by atoms with van der Waals surface area (Å²) in [6.07, 6.45) is 1.07. The van der Waals surface area contributed by atoms with Gasteiger partial charge in [0.2, 0.25) is 5.91 Å². The zero-order valence-electron chi connectivity index (χ0n) is 17.2. The van der Waals surface area contributed by atoms with Gasteiger partial charge in [0, 0.05) is 26.1 Å². The minimum Gasteiger partial charge on any atom is -0.497 e. The molecule has 1 atom stereocenters. The maximum absolute atomic E-state index is 12.3. The molecule has 0 spiro atoms. The van der Waals surface area contributed by atoms with Crippen molar-refractivity contribution >= 4 is 5.91 Å². The number of aryl methyl sites for hydroxylation is 1. The highest BCUT2D eigenvalue weighted by Gasteiger charge is 2.25. The fraction of sp³-hybridized carbons (Fsp3) is 0.500. The smallest absolute Gasteiger partial charge is 0.220 e. The van der Waals surface area contributed by atoms with E-state index in [1.807, 2.05) is 43.3 Å². The Bertz CT molecular complexity index is 753. The van der Waals surface area contributed by atoms with Crippen LogP contribution in [-0.2, 0) is 9.53 Å². The van der Waals surface area contributed by atoms with Gasteiger partial charge in [-0.2, -0.15) is 0 Å². The summed E-state index contributed by atoms with van der Waals surface area (Å²) in [5.41, 5.74) is 0. The largest absolute Gasteiger partial charge is 0.497 e. The highest BCUT2D eigenvalue weighted by molar-refractivity contribution is 5.75. The van der Waals surface area contributed by atoms with Crippen molar-refractivity contribution in [1.82, 2.24) is 10.2 Å². The van der Waals surface area contributed by atoms with Crippen LogP contribution in [0.2, 0.25) is 0 Å². The first-order valence-corrected chi connectivity index (χ1v) is 10.1. The fourth-order valence-electron chi connectivity index (χ4n) is 3.32. The van der Waals surface area contributed by atoms with Crippen LogP contribution in [0.3, 0.4) is 0 Å². The third kappa shape index (κ3) is 6.51. The van der Waals surface area contributed by atoms with Crippen LogP contribution >= 0.6 is 0 Å². The van der Waals surface area contributed by atoms with Gasteiger partial charge in [-0.15, -0.1) is 0 Å². The van der Waals surface area contributed by atoms with E-state index in [-0.39, 0.29) is 11.9 Å². The Morgan fingerprint density at radius 3 is 2.52 bits per heavy atom. The van der Waals surface area contributed by atoms with E-state index in [9.17, 15) is 4.79 Å². The van der Waals surface area contributed by atoms with Gasteiger partial charge >= 0.3 is 0 Å². The Labute approximate surface area is 171 Å². The molecule has 3 rings (SSSR count). The lowest BCUT2D eigenvalue weighted by molar-refractivity contribution is -0.121. The second-order valence-electron chi connectivity index (χ2n) is 7.04. The minimum absolute atomic E-state index is 0.0184. The van der Waals surface area contributed by atoms with Crippen LogP contribution in [0.4, 0.5) is 0 Å². The zero-order valence-corrected chi connectivity index (χ0v) is 17.2. The number of nitrogens with zero attached hydrogens (tertiary/aromatic N) is 1. The molecule has 1 aromatic heterocycles. The molecule has 158 valence electrons. The van der Waals surface area contributed by atoms with Gasteiger partial charge in [0.25, 0.3) is 0 Å². The van der Waals surface area contributed by atoms with E-state index in [2.05, 4.69) is 10.2 Å². The predicted octanol–water partition coefficient (Wildman–Crippen LogP) is 2.95. The lowest BCUT2D eigenvalue weighted by Crippen LogP contribution is -2.43. The Morgan fingerprint density at radius 2 is 1.86 bits per heavy atom. The van der Waals surface area contributed by atoms with Crippen LogP contribution < -0.4 is 14.8 Å². The molecule has 1 aliphatic heterocycles. The molecule has 0 radical (unpaired) electrons. The van der Waals surface area contributed by atoms with Crippen molar-refractivity contribution in [3.63, 3.8) is 0 Å². The van der Waals surface area contributed by atoms with E-state index in [0.717, 1.165) is 36.1 Å². The average molecular weight is 402 g/mol. The molecule has 1 fully saturated rings. The van der Waals surface area contributed by atoms with E-state index < -0.39 is 0 Å². The lowest BCUT2D eigenvalue weighted by atomic mass is 10.1. The second kappa shape index (κ2) is 10.9. The number of carbonyl (C=O) groups excluding carboxylic acids is 1. The number of carbonyl (C=O) groups is 1. The number of nitrogens with one attached hydrogen (secondary N) is 1. The third-order valence-electron chi connectivity index (χ3n) is 4.94. The van der Waals surface area contributed by atoms with Gasteiger partial charge in [0.1, 0.15) is 23.0 Å². The molecule has 7 nitrogen and oxygen atoms in total. The number of morpholine rings is 1. The van der Waals surface area contributed by atoms with Gasteiger partial charge in [0.15, 0.2) is 0 Å². The normalized spacial score (nSPS) is 15.7. The van der Waals surface area contributed by atoms with Gasteiger partial charge in [-0.25, -0.2) is 0 Å². The molecule has 0 bridgehead atoms. The first-order valence-electron chi connectivity index (χ1n) is 10.1. The van der Waals surface area contributed by atoms with Crippen molar-refractivity contribution in [2.24, 2.45) is 0 Å². The van der Waals surface area contributed by atoms with E-state index in [4.69, 9.17) is 18.6 Å². The van der Waals surface area contributed by atoms with Gasteiger partial charge in [-0.05, 0) is 49.7 Å². The van der Waals surface area contributed by atoms with E-state index >= 15 is 0 Å². The van der Waals surface area contributed by atoms with Crippen molar-refractivity contribution in [2.45, 2.75) is 25.8 Å².